The van der Waals surface area contributed by atoms with Crippen molar-refractivity contribution in [1.29, 1.82) is 0 Å². The molecule has 1 saturated heterocycles. The van der Waals surface area contributed by atoms with Gasteiger partial charge in [0.1, 0.15) is 0 Å². The molecule has 2 N–H and O–H groups in total. The number of nitrogens with zero attached hydrogens (tertiary/aromatic N) is 1. The van der Waals surface area contributed by atoms with Crippen molar-refractivity contribution in [2.45, 2.75) is 26.8 Å². The Bertz CT molecular complexity index is 494. The number of rotatable bonds is 4. The van der Waals surface area contributed by atoms with Crippen molar-refractivity contribution in [2.24, 2.45) is 5.41 Å². The summed E-state index contributed by atoms with van der Waals surface area (Å²) in [5.41, 5.74) is 0.0183. The van der Waals surface area contributed by atoms with E-state index < -0.39 is 0 Å². The van der Waals surface area contributed by atoms with Crippen molar-refractivity contribution >= 4 is 23.2 Å². The van der Waals surface area contributed by atoms with Crippen molar-refractivity contribution in [3.05, 3.63) is 22.4 Å². The standard InChI is InChI=1S/C15H23N3O2S/c1-15(2,3)14(11-5-4-8-21-11)17-9-13(20)18-7-6-16-12(19)10-18/h4-5,8,14,17H,6-7,9-10H2,1-3H3,(H,16,19). The predicted octanol–water partition coefficient (Wildman–Crippen LogP) is 1.38. The van der Waals surface area contributed by atoms with Gasteiger partial charge in [0.05, 0.1) is 13.1 Å². The number of hydrogen-bond acceptors (Lipinski definition) is 4. The van der Waals surface area contributed by atoms with Gasteiger partial charge in [-0.05, 0) is 16.9 Å². The Morgan fingerprint density at radius 3 is 2.86 bits per heavy atom. The van der Waals surface area contributed by atoms with E-state index in [9.17, 15) is 9.59 Å². The molecule has 1 aromatic heterocycles. The quantitative estimate of drug-likeness (QED) is 0.883. The zero-order valence-electron chi connectivity index (χ0n) is 12.8. The molecule has 6 heteroatoms. The zero-order chi connectivity index (χ0) is 15.5. The second-order valence-electron chi connectivity index (χ2n) is 6.36. The topological polar surface area (TPSA) is 61.4 Å². The molecule has 2 amide bonds. The van der Waals surface area contributed by atoms with E-state index >= 15 is 0 Å². The van der Waals surface area contributed by atoms with Crippen molar-refractivity contribution in [3.8, 4) is 0 Å². The van der Waals surface area contributed by atoms with E-state index in [0.717, 1.165) is 0 Å². The molecule has 2 rings (SSSR count). The van der Waals surface area contributed by atoms with Crippen molar-refractivity contribution in [3.63, 3.8) is 0 Å². The normalized spacial score (nSPS) is 17.5. The van der Waals surface area contributed by atoms with Gasteiger partial charge >= 0.3 is 0 Å². The molecule has 2 heterocycles. The number of thiophene rings is 1. The maximum Gasteiger partial charge on any atom is 0.239 e. The predicted molar refractivity (Wildman–Crippen MR) is 84.1 cm³/mol. The maximum absolute atomic E-state index is 12.2. The Balaban J connectivity index is 1.96. The first-order valence-electron chi connectivity index (χ1n) is 7.19. The molecule has 1 unspecified atom stereocenters. The highest BCUT2D eigenvalue weighted by Crippen LogP contribution is 2.34. The van der Waals surface area contributed by atoms with Crippen LogP contribution in [0.25, 0.3) is 0 Å². The minimum Gasteiger partial charge on any atom is -0.353 e. The lowest BCUT2D eigenvalue weighted by atomic mass is 9.86. The molecule has 0 saturated carbocycles. The fourth-order valence-electron chi connectivity index (χ4n) is 2.44. The van der Waals surface area contributed by atoms with Gasteiger partial charge in [-0.2, -0.15) is 0 Å². The third kappa shape index (κ3) is 4.28. The van der Waals surface area contributed by atoms with Crippen LogP contribution in [0.5, 0.6) is 0 Å². The lowest BCUT2D eigenvalue weighted by Gasteiger charge is -2.32. The summed E-state index contributed by atoms with van der Waals surface area (Å²) in [5.74, 6) is -0.101. The molecule has 1 aromatic rings. The Hall–Kier alpha value is -1.40. The second kappa shape index (κ2) is 6.58. The molecule has 0 bridgehead atoms. The molecule has 21 heavy (non-hydrogen) atoms. The summed E-state index contributed by atoms with van der Waals surface area (Å²) in [6, 6.07) is 4.24. The van der Waals surface area contributed by atoms with E-state index in [1.54, 1.807) is 16.2 Å². The highest BCUT2D eigenvalue weighted by atomic mass is 32.1. The first kappa shape index (κ1) is 16.0. The minimum absolute atomic E-state index is 0.0179. The maximum atomic E-state index is 12.2. The van der Waals surface area contributed by atoms with E-state index in [4.69, 9.17) is 0 Å². The van der Waals surface area contributed by atoms with Crippen molar-refractivity contribution < 1.29 is 9.59 Å². The molecule has 1 atom stereocenters. The van der Waals surface area contributed by atoms with Crippen LogP contribution < -0.4 is 10.6 Å². The molecule has 1 aliphatic rings. The molecule has 5 nitrogen and oxygen atoms in total. The first-order chi connectivity index (χ1) is 9.88. The number of carbonyl (C=O) groups excluding carboxylic acids is 2. The van der Waals surface area contributed by atoms with Crippen LogP contribution in [0.4, 0.5) is 0 Å². The molecule has 0 radical (unpaired) electrons. The molecule has 0 aromatic carbocycles. The summed E-state index contributed by atoms with van der Waals surface area (Å²) in [7, 11) is 0. The van der Waals surface area contributed by atoms with Gasteiger partial charge in [0, 0.05) is 24.0 Å². The average Bonchev–Trinajstić information content (AvgIpc) is 2.91. The highest BCUT2D eigenvalue weighted by Gasteiger charge is 2.28. The Morgan fingerprint density at radius 1 is 1.52 bits per heavy atom. The van der Waals surface area contributed by atoms with Crippen LogP contribution in [0.15, 0.2) is 17.5 Å². The van der Waals surface area contributed by atoms with E-state index in [1.165, 1.54) is 4.88 Å². The largest absolute Gasteiger partial charge is 0.353 e. The molecular formula is C15H23N3O2S. The van der Waals surface area contributed by atoms with Gasteiger partial charge in [-0.1, -0.05) is 26.8 Å². The lowest BCUT2D eigenvalue weighted by Crippen LogP contribution is -2.52. The van der Waals surface area contributed by atoms with Crippen molar-refractivity contribution in [1.82, 2.24) is 15.5 Å². The molecule has 0 aliphatic carbocycles. The highest BCUT2D eigenvalue weighted by molar-refractivity contribution is 7.10. The molecule has 116 valence electrons. The number of amides is 2. The summed E-state index contributed by atoms with van der Waals surface area (Å²) >= 11 is 1.69. The van der Waals surface area contributed by atoms with Crippen LogP contribution in [0, 0.1) is 5.41 Å². The minimum atomic E-state index is -0.0831. The molecule has 1 aliphatic heterocycles. The number of hydrogen-bond donors (Lipinski definition) is 2. The third-order valence-corrected chi connectivity index (χ3v) is 4.48. The first-order valence-corrected chi connectivity index (χ1v) is 8.07. The van der Waals surface area contributed by atoms with Gasteiger partial charge in [-0.15, -0.1) is 11.3 Å². The Labute approximate surface area is 129 Å². The van der Waals surface area contributed by atoms with Gasteiger partial charge in [0.25, 0.3) is 0 Å². The van der Waals surface area contributed by atoms with E-state index in [1.807, 2.05) is 11.4 Å². The van der Waals surface area contributed by atoms with Crippen LogP contribution in [-0.2, 0) is 9.59 Å². The van der Waals surface area contributed by atoms with Gasteiger partial charge in [-0.3, -0.25) is 9.59 Å². The molecule has 0 spiro atoms. The average molecular weight is 309 g/mol. The summed E-state index contributed by atoms with van der Waals surface area (Å²) in [4.78, 5) is 26.4. The number of nitrogens with one attached hydrogen (secondary N) is 2. The smallest absolute Gasteiger partial charge is 0.239 e. The van der Waals surface area contributed by atoms with Crippen LogP contribution in [-0.4, -0.2) is 42.9 Å². The van der Waals surface area contributed by atoms with Gasteiger partial charge in [0.15, 0.2) is 0 Å². The SMILES string of the molecule is CC(C)(C)C(NCC(=O)N1CCNC(=O)C1)c1cccs1. The summed E-state index contributed by atoms with van der Waals surface area (Å²) in [6.45, 7) is 8.02. The fraction of sp³-hybridized carbons (Fsp3) is 0.600. The second-order valence-corrected chi connectivity index (χ2v) is 7.34. The van der Waals surface area contributed by atoms with Crippen LogP contribution in [0.2, 0.25) is 0 Å². The van der Waals surface area contributed by atoms with Crippen LogP contribution in [0.1, 0.15) is 31.7 Å². The van der Waals surface area contributed by atoms with Crippen LogP contribution >= 0.6 is 11.3 Å². The summed E-state index contributed by atoms with van der Waals surface area (Å²) < 4.78 is 0. The van der Waals surface area contributed by atoms with Gasteiger partial charge < -0.3 is 15.5 Å². The monoisotopic (exact) mass is 309 g/mol. The van der Waals surface area contributed by atoms with Gasteiger partial charge in [0.2, 0.25) is 11.8 Å². The summed E-state index contributed by atoms with van der Waals surface area (Å²) in [5, 5.41) is 8.14. The molecular weight excluding hydrogens is 286 g/mol. The Kier molecular flexibility index (Phi) is 5.00. The number of piperazine rings is 1. The third-order valence-electron chi connectivity index (χ3n) is 3.54. The Morgan fingerprint density at radius 2 is 2.29 bits per heavy atom. The number of carbonyl (C=O) groups is 2. The van der Waals surface area contributed by atoms with E-state index in [2.05, 4.69) is 37.5 Å². The van der Waals surface area contributed by atoms with Gasteiger partial charge in [-0.25, -0.2) is 0 Å². The molecule has 1 fully saturated rings. The van der Waals surface area contributed by atoms with E-state index in [-0.39, 0.29) is 36.4 Å². The summed E-state index contributed by atoms with van der Waals surface area (Å²) in [6.07, 6.45) is 0. The van der Waals surface area contributed by atoms with E-state index in [0.29, 0.717) is 13.1 Å². The van der Waals surface area contributed by atoms with Crippen LogP contribution in [0.3, 0.4) is 0 Å². The fourth-order valence-corrected chi connectivity index (χ4v) is 3.49. The lowest BCUT2D eigenvalue weighted by molar-refractivity contribution is -0.137. The van der Waals surface area contributed by atoms with Crippen molar-refractivity contribution in [2.75, 3.05) is 26.2 Å². The zero-order valence-corrected chi connectivity index (χ0v) is 13.6.